The van der Waals surface area contributed by atoms with Crippen LogP contribution in [0, 0.1) is 5.92 Å². The molecular formula is C15H22O5S. The van der Waals surface area contributed by atoms with E-state index in [1.165, 1.54) is 0 Å². The van der Waals surface area contributed by atoms with Gasteiger partial charge < -0.3 is 9.84 Å². The number of hydrogen-bond donors (Lipinski definition) is 1. The molecule has 1 aromatic rings. The summed E-state index contributed by atoms with van der Waals surface area (Å²) in [6, 6.07) is 6.58. The van der Waals surface area contributed by atoms with E-state index >= 15 is 0 Å². The molecule has 5 nitrogen and oxygen atoms in total. The lowest BCUT2D eigenvalue weighted by molar-refractivity contribution is -0.140. The Kier molecular flexibility index (Phi) is 6.84. The van der Waals surface area contributed by atoms with Gasteiger partial charge in [-0.1, -0.05) is 38.1 Å². The highest BCUT2D eigenvalue weighted by atomic mass is 32.2. The zero-order chi connectivity index (χ0) is 15.9. The fourth-order valence-corrected chi connectivity index (χ4v) is 2.92. The molecule has 0 aliphatic rings. The number of sulfone groups is 1. The number of hydrogen-bond acceptors (Lipinski definition) is 5. The predicted molar refractivity (Wildman–Crippen MR) is 80.3 cm³/mol. The highest BCUT2D eigenvalue weighted by molar-refractivity contribution is 7.91. The molecule has 1 rings (SSSR count). The van der Waals surface area contributed by atoms with Gasteiger partial charge in [0, 0.05) is 0 Å². The predicted octanol–water partition coefficient (Wildman–Crippen LogP) is 1.68. The molecule has 0 spiro atoms. The normalized spacial score (nSPS) is 11.6. The number of benzene rings is 1. The SMILES string of the molecule is CC(C)CCOC(=O)CS(=O)(=O)Cc1ccc(CO)cc1. The first kappa shape index (κ1) is 17.7. The van der Waals surface area contributed by atoms with E-state index in [0.717, 1.165) is 0 Å². The molecule has 0 saturated heterocycles. The lowest BCUT2D eigenvalue weighted by Crippen LogP contribution is -2.20. The first-order valence-corrected chi connectivity index (χ1v) is 8.69. The lowest BCUT2D eigenvalue weighted by atomic mass is 10.1. The summed E-state index contributed by atoms with van der Waals surface area (Å²) in [6.45, 7) is 4.16. The Balaban J connectivity index is 2.50. The molecule has 6 heteroatoms. The van der Waals surface area contributed by atoms with Gasteiger partial charge in [0.15, 0.2) is 9.84 Å². The zero-order valence-electron chi connectivity index (χ0n) is 12.4. The molecule has 0 atom stereocenters. The first-order valence-electron chi connectivity index (χ1n) is 6.87. The number of carbonyl (C=O) groups excluding carboxylic acids is 1. The fourth-order valence-electron chi connectivity index (χ4n) is 1.68. The third-order valence-corrected chi connectivity index (χ3v) is 4.34. The van der Waals surface area contributed by atoms with Crippen molar-refractivity contribution in [1.29, 1.82) is 0 Å². The van der Waals surface area contributed by atoms with Crippen molar-refractivity contribution in [2.75, 3.05) is 12.4 Å². The standard InChI is InChI=1S/C15H22O5S/c1-12(2)7-8-20-15(17)11-21(18,19)10-14-5-3-13(9-16)4-6-14/h3-6,12,16H,7-11H2,1-2H3. The molecule has 0 radical (unpaired) electrons. The van der Waals surface area contributed by atoms with Crippen molar-refractivity contribution >= 4 is 15.8 Å². The van der Waals surface area contributed by atoms with E-state index in [0.29, 0.717) is 23.5 Å². The smallest absolute Gasteiger partial charge is 0.321 e. The third kappa shape index (κ3) is 7.24. The average Bonchev–Trinajstić information content (AvgIpc) is 2.38. The summed E-state index contributed by atoms with van der Waals surface area (Å²) in [7, 11) is -3.54. The van der Waals surface area contributed by atoms with E-state index in [-0.39, 0.29) is 19.0 Å². The number of aliphatic hydroxyl groups is 1. The molecule has 0 fully saturated rings. The van der Waals surface area contributed by atoms with Gasteiger partial charge >= 0.3 is 5.97 Å². The number of rotatable bonds is 8. The quantitative estimate of drug-likeness (QED) is 0.738. The maximum Gasteiger partial charge on any atom is 0.321 e. The Hall–Kier alpha value is -1.40. The Labute approximate surface area is 125 Å². The van der Waals surface area contributed by atoms with Gasteiger partial charge in [0.1, 0.15) is 5.75 Å². The van der Waals surface area contributed by atoms with Crippen LogP contribution in [0.3, 0.4) is 0 Å². The van der Waals surface area contributed by atoms with Crippen LogP contribution in [0.1, 0.15) is 31.4 Å². The Morgan fingerprint density at radius 1 is 1.19 bits per heavy atom. The van der Waals surface area contributed by atoms with Crippen molar-refractivity contribution in [3.05, 3.63) is 35.4 Å². The van der Waals surface area contributed by atoms with Gasteiger partial charge in [0.2, 0.25) is 0 Å². The van der Waals surface area contributed by atoms with E-state index in [9.17, 15) is 13.2 Å². The first-order chi connectivity index (χ1) is 9.82. The molecule has 21 heavy (non-hydrogen) atoms. The topological polar surface area (TPSA) is 80.7 Å². The van der Waals surface area contributed by atoms with Crippen LogP contribution in [0.2, 0.25) is 0 Å². The average molecular weight is 314 g/mol. The molecule has 0 unspecified atom stereocenters. The van der Waals surface area contributed by atoms with Gasteiger partial charge in [-0.05, 0) is 23.5 Å². The minimum absolute atomic E-state index is 0.0881. The summed E-state index contributed by atoms with van der Waals surface area (Å²) in [6.07, 6.45) is 0.717. The number of aliphatic hydroxyl groups excluding tert-OH is 1. The zero-order valence-corrected chi connectivity index (χ0v) is 13.2. The molecule has 0 aromatic heterocycles. The molecule has 0 aliphatic carbocycles. The number of esters is 1. The van der Waals surface area contributed by atoms with Crippen LogP contribution >= 0.6 is 0 Å². The van der Waals surface area contributed by atoms with Crippen molar-refractivity contribution in [3.8, 4) is 0 Å². The largest absolute Gasteiger partial charge is 0.465 e. The maximum absolute atomic E-state index is 11.9. The number of ether oxygens (including phenoxy) is 1. The summed E-state index contributed by atoms with van der Waals surface area (Å²) >= 11 is 0. The molecule has 0 bridgehead atoms. The van der Waals surface area contributed by atoms with Gasteiger partial charge in [0.05, 0.1) is 19.0 Å². The second kappa shape index (κ2) is 8.14. The minimum Gasteiger partial charge on any atom is -0.465 e. The van der Waals surface area contributed by atoms with E-state index in [4.69, 9.17) is 9.84 Å². The monoisotopic (exact) mass is 314 g/mol. The molecule has 118 valence electrons. The van der Waals surface area contributed by atoms with E-state index < -0.39 is 21.6 Å². The molecular weight excluding hydrogens is 292 g/mol. The van der Waals surface area contributed by atoms with Gasteiger partial charge in [0.25, 0.3) is 0 Å². The van der Waals surface area contributed by atoms with Gasteiger partial charge in [-0.15, -0.1) is 0 Å². The molecule has 0 aliphatic heterocycles. The van der Waals surface area contributed by atoms with E-state index in [1.54, 1.807) is 24.3 Å². The van der Waals surface area contributed by atoms with Crippen molar-refractivity contribution < 1.29 is 23.1 Å². The second-order valence-electron chi connectivity index (χ2n) is 5.41. The molecule has 0 heterocycles. The van der Waals surface area contributed by atoms with Crippen molar-refractivity contribution in [2.45, 2.75) is 32.6 Å². The molecule has 0 amide bonds. The maximum atomic E-state index is 11.9. The van der Waals surface area contributed by atoms with Gasteiger partial charge in [-0.25, -0.2) is 8.42 Å². The summed E-state index contributed by atoms with van der Waals surface area (Å²) in [4.78, 5) is 11.5. The van der Waals surface area contributed by atoms with Crippen molar-refractivity contribution in [2.24, 2.45) is 5.92 Å². The van der Waals surface area contributed by atoms with Crippen LogP contribution in [0.5, 0.6) is 0 Å². The Bertz CT molecular complexity index is 546. The lowest BCUT2D eigenvalue weighted by Gasteiger charge is -2.08. The molecule has 1 N–H and O–H groups in total. The third-order valence-electron chi connectivity index (χ3n) is 2.89. The van der Waals surface area contributed by atoms with Gasteiger partial charge in [-0.2, -0.15) is 0 Å². The number of carbonyl (C=O) groups is 1. The van der Waals surface area contributed by atoms with Crippen LogP contribution in [0.15, 0.2) is 24.3 Å². The van der Waals surface area contributed by atoms with Crippen LogP contribution in [0.25, 0.3) is 0 Å². The molecule has 0 saturated carbocycles. The Morgan fingerprint density at radius 2 is 1.76 bits per heavy atom. The van der Waals surface area contributed by atoms with Crippen LogP contribution in [-0.4, -0.2) is 31.9 Å². The highest BCUT2D eigenvalue weighted by Crippen LogP contribution is 2.10. The van der Waals surface area contributed by atoms with E-state index in [2.05, 4.69) is 0 Å². The summed E-state index contributed by atoms with van der Waals surface area (Å²) in [5.74, 6) is -1.12. The van der Waals surface area contributed by atoms with Crippen molar-refractivity contribution in [3.63, 3.8) is 0 Å². The summed E-state index contributed by atoms with van der Waals surface area (Å²) in [5, 5.41) is 8.92. The van der Waals surface area contributed by atoms with Crippen LogP contribution in [0.4, 0.5) is 0 Å². The van der Waals surface area contributed by atoms with Crippen LogP contribution < -0.4 is 0 Å². The van der Waals surface area contributed by atoms with E-state index in [1.807, 2.05) is 13.8 Å². The minimum atomic E-state index is -3.54. The second-order valence-corrected chi connectivity index (χ2v) is 7.47. The fraction of sp³-hybridized carbons (Fsp3) is 0.533. The molecule has 1 aromatic carbocycles. The summed E-state index contributed by atoms with van der Waals surface area (Å²) < 4.78 is 28.7. The van der Waals surface area contributed by atoms with Gasteiger partial charge in [-0.3, -0.25) is 4.79 Å². The van der Waals surface area contributed by atoms with Crippen LogP contribution in [-0.2, 0) is 31.7 Å². The Morgan fingerprint density at radius 3 is 2.29 bits per heavy atom. The van der Waals surface area contributed by atoms with Crippen molar-refractivity contribution in [1.82, 2.24) is 0 Å². The summed E-state index contributed by atoms with van der Waals surface area (Å²) in [5.41, 5.74) is 1.30. The highest BCUT2D eigenvalue weighted by Gasteiger charge is 2.18.